The van der Waals surface area contributed by atoms with Crippen LogP contribution in [0.2, 0.25) is 0 Å². The van der Waals surface area contributed by atoms with Crippen molar-refractivity contribution in [2.75, 3.05) is 16.8 Å². The van der Waals surface area contributed by atoms with Crippen LogP contribution >= 0.6 is 0 Å². The Morgan fingerprint density at radius 3 is 2.50 bits per heavy atom. The Kier molecular flexibility index (Phi) is 3.56. The van der Waals surface area contributed by atoms with Crippen LogP contribution in [-0.2, 0) is 17.6 Å². The number of rotatable bonds is 2. The molecule has 2 heterocycles. The Morgan fingerprint density at radius 2 is 1.75 bits per heavy atom. The maximum absolute atomic E-state index is 13.0. The average molecular weight is 324 g/mol. The van der Waals surface area contributed by atoms with Crippen LogP contribution < -0.4 is 10.2 Å². The number of carbonyl (C=O) groups excluding carboxylic acids is 2. The highest BCUT2D eigenvalue weighted by Crippen LogP contribution is 2.37. The molecule has 4 nitrogen and oxygen atoms in total. The number of anilines is 2. The van der Waals surface area contributed by atoms with Crippen LogP contribution in [0.3, 0.4) is 0 Å². The minimum atomic E-state index is -0.366. The lowest BCUT2D eigenvalue weighted by Crippen LogP contribution is -2.39. The van der Waals surface area contributed by atoms with Crippen LogP contribution in [0.15, 0.2) is 36.4 Å². The summed E-state index contributed by atoms with van der Waals surface area (Å²) in [5.41, 5.74) is 4.41. The summed E-state index contributed by atoms with van der Waals surface area (Å²) in [5, 5.41) is 2.89. The van der Waals surface area contributed by atoms with E-state index >= 15 is 0 Å². The van der Waals surface area contributed by atoms with E-state index in [1.165, 1.54) is 24.3 Å². The fourth-order valence-electron chi connectivity index (χ4n) is 3.53. The molecule has 4 rings (SSSR count). The standard InChI is InChI=1S/C19H17FN2O2/c20-15-6-3-12(4-7-15)19(24)21-16-10-13-2-1-9-22-17(23)8-5-14(11-16)18(13)22/h3-4,6-7,10-11H,1-2,5,8-9H2,(H,21,24). The number of hydrogen-bond acceptors (Lipinski definition) is 2. The summed E-state index contributed by atoms with van der Waals surface area (Å²) in [6.07, 6.45) is 3.07. The zero-order valence-electron chi connectivity index (χ0n) is 13.1. The molecule has 2 amide bonds. The van der Waals surface area contributed by atoms with Gasteiger partial charge >= 0.3 is 0 Å². The molecule has 0 fully saturated rings. The molecule has 1 N–H and O–H groups in total. The molecule has 2 aromatic carbocycles. The fraction of sp³-hybridized carbons (Fsp3) is 0.263. The van der Waals surface area contributed by atoms with Crippen LogP contribution in [0.25, 0.3) is 0 Å². The van der Waals surface area contributed by atoms with E-state index in [0.717, 1.165) is 41.9 Å². The normalized spacial score (nSPS) is 15.9. The predicted octanol–water partition coefficient (Wildman–Crippen LogP) is 3.30. The minimum absolute atomic E-state index is 0.187. The molecule has 0 spiro atoms. The zero-order valence-corrected chi connectivity index (χ0v) is 13.1. The van der Waals surface area contributed by atoms with Crippen molar-refractivity contribution in [3.8, 4) is 0 Å². The number of benzene rings is 2. The Hall–Kier alpha value is -2.69. The summed E-state index contributed by atoms with van der Waals surface area (Å²) in [4.78, 5) is 26.3. The Morgan fingerprint density at radius 1 is 1.04 bits per heavy atom. The van der Waals surface area contributed by atoms with Crippen molar-refractivity contribution in [2.24, 2.45) is 0 Å². The minimum Gasteiger partial charge on any atom is -0.322 e. The van der Waals surface area contributed by atoms with Crippen LogP contribution in [0.5, 0.6) is 0 Å². The van der Waals surface area contributed by atoms with E-state index in [9.17, 15) is 14.0 Å². The number of carbonyl (C=O) groups is 2. The zero-order chi connectivity index (χ0) is 16.7. The highest BCUT2D eigenvalue weighted by atomic mass is 19.1. The van der Waals surface area contributed by atoms with E-state index in [1.54, 1.807) is 0 Å². The molecule has 0 aromatic heterocycles. The van der Waals surface area contributed by atoms with Gasteiger partial charge in [-0.2, -0.15) is 0 Å². The van der Waals surface area contributed by atoms with Crippen LogP contribution in [-0.4, -0.2) is 18.4 Å². The quantitative estimate of drug-likeness (QED) is 0.921. The smallest absolute Gasteiger partial charge is 0.255 e. The first-order valence-corrected chi connectivity index (χ1v) is 8.15. The van der Waals surface area contributed by atoms with E-state index < -0.39 is 0 Å². The third-order valence-corrected chi connectivity index (χ3v) is 4.64. The third kappa shape index (κ3) is 2.56. The van der Waals surface area contributed by atoms with Gasteiger partial charge in [0.15, 0.2) is 0 Å². The molecule has 24 heavy (non-hydrogen) atoms. The molecular weight excluding hydrogens is 307 g/mol. The van der Waals surface area contributed by atoms with Gasteiger partial charge in [-0.3, -0.25) is 9.59 Å². The van der Waals surface area contributed by atoms with Crippen molar-refractivity contribution in [3.63, 3.8) is 0 Å². The molecule has 5 heteroatoms. The Labute approximate surface area is 139 Å². The van der Waals surface area contributed by atoms with Crippen molar-refractivity contribution in [1.29, 1.82) is 0 Å². The largest absolute Gasteiger partial charge is 0.322 e. The van der Waals surface area contributed by atoms with Gasteiger partial charge in [-0.25, -0.2) is 4.39 Å². The maximum atomic E-state index is 13.0. The van der Waals surface area contributed by atoms with Gasteiger partial charge in [0, 0.05) is 24.2 Å². The summed E-state index contributed by atoms with van der Waals surface area (Å²) in [7, 11) is 0. The third-order valence-electron chi connectivity index (χ3n) is 4.64. The van der Waals surface area contributed by atoms with Gasteiger partial charge in [-0.1, -0.05) is 0 Å². The molecule has 0 saturated heterocycles. The number of halogens is 1. The average Bonchev–Trinajstić information content (AvgIpc) is 2.58. The first kappa shape index (κ1) is 14.9. The first-order chi connectivity index (χ1) is 11.6. The SMILES string of the molecule is O=C(Nc1cc2c3c(c1)CCC(=O)N3CCC2)c1ccc(F)cc1. The van der Waals surface area contributed by atoms with E-state index in [4.69, 9.17) is 0 Å². The number of nitrogens with zero attached hydrogens (tertiary/aromatic N) is 1. The molecule has 2 aliphatic rings. The molecule has 0 atom stereocenters. The second-order valence-electron chi connectivity index (χ2n) is 6.25. The lowest BCUT2D eigenvalue weighted by atomic mass is 9.91. The lowest BCUT2D eigenvalue weighted by Gasteiger charge is -2.35. The van der Waals surface area contributed by atoms with Crippen LogP contribution in [0.1, 0.15) is 34.3 Å². The Balaban J connectivity index is 1.64. The van der Waals surface area contributed by atoms with Crippen molar-refractivity contribution < 1.29 is 14.0 Å². The van der Waals surface area contributed by atoms with Gasteiger partial charge in [0.2, 0.25) is 5.91 Å². The first-order valence-electron chi connectivity index (χ1n) is 8.15. The molecule has 0 bridgehead atoms. The summed E-state index contributed by atoms with van der Waals surface area (Å²) in [6.45, 7) is 0.778. The molecule has 0 unspecified atom stereocenters. The Bertz CT molecular complexity index is 813. The summed E-state index contributed by atoms with van der Waals surface area (Å²) in [6, 6.07) is 9.38. The van der Waals surface area contributed by atoms with E-state index in [-0.39, 0.29) is 17.6 Å². The second kappa shape index (κ2) is 5.74. The maximum Gasteiger partial charge on any atom is 0.255 e. The van der Waals surface area contributed by atoms with Gasteiger partial charge in [-0.15, -0.1) is 0 Å². The van der Waals surface area contributed by atoms with Crippen LogP contribution in [0, 0.1) is 5.82 Å². The topological polar surface area (TPSA) is 49.4 Å². The van der Waals surface area contributed by atoms with Gasteiger partial charge in [0.05, 0.1) is 5.69 Å². The highest BCUT2D eigenvalue weighted by molar-refractivity contribution is 6.05. The summed E-state index contributed by atoms with van der Waals surface area (Å²) in [5.74, 6) is -0.442. The second-order valence-corrected chi connectivity index (χ2v) is 6.25. The van der Waals surface area contributed by atoms with Crippen molar-refractivity contribution >= 4 is 23.2 Å². The fourth-order valence-corrected chi connectivity index (χ4v) is 3.53. The van der Waals surface area contributed by atoms with Gasteiger partial charge in [0.25, 0.3) is 5.91 Å². The highest BCUT2D eigenvalue weighted by Gasteiger charge is 2.29. The number of aryl methyl sites for hydroxylation is 2. The van der Waals surface area contributed by atoms with Gasteiger partial charge < -0.3 is 10.2 Å². The number of hydrogen-bond donors (Lipinski definition) is 1. The van der Waals surface area contributed by atoms with E-state index in [1.807, 2.05) is 17.0 Å². The molecule has 0 aliphatic carbocycles. The van der Waals surface area contributed by atoms with Crippen LogP contribution in [0.4, 0.5) is 15.8 Å². The number of amides is 2. The molecule has 122 valence electrons. The lowest BCUT2D eigenvalue weighted by molar-refractivity contribution is -0.119. The molecule has 2 aromatic rings. The predicted molar refractivity (Wildman–Crippen MR) is 89.8 cm³/mol. The van der Waals surface area contributed by atoms with Crippen molar-refractivity contribution in [1.82, 2.24) is 0 Å². The monoisotopic (exact) mass is 324 g/mol. The molecule has 2 aliphatic heterocycles. The van der Waals surface area contributed by atoms with Gasteiger partial charge in [0.1, 0.15) is 5.82 Å². The molecule has 0 saturated carbocycles. The molecule has 0 radical (unpaired) electrons. The van der Waals surface area contributed by atoms with Crippen molar-refractivity contribution in [2.45, 2.75) is 25.7 Å². The molecular formula is C19H17FN2O2. The summed E-state index contributed by atoms with van der Waals surface area (Å²) < 4.78 is 13.0. The van der Waals surface area contributed by atoms with Gasteiger partial charge in [-0.05, 0) is 66.8 Å². The van der Waals surface area contributed by atoms with E-state index in [0.29, 0.717) is 18.4 Å². The van der Waals surface area contributed by atoms with Crippen molar-refractivity contribution in [3.05, 3.63) is 58.9 Å². The van der Waals surface area contributed by atoms with E-state index in [2.05, 4.69) is 5.32 Å². The summed E-state index contributed by atoms with van der Waals surface area (Å²) >= 11 is 0. The number of nitrogens with one attached hydrogen (secondary N) is 1.